The van der Waals surface area contributed by atoms with Crippen LogP contribution in [0.4, 0.5) is 5.69 Å². The van der Waals surface area contributed by atoms with Crippen molar-refractivity contribution in [1.29, 1.82) is 0 Å². The molecule has 0 saturated heterocycles. The molecule has 1 atom stereocenters. The summed E-state index contributed by atoms with van der Waals surface area (Å²) in [6.45, 7) is 0.0396. The smallest absolute Gasteiger partial charge is 0.120 e. The van der Waals surface area contributed by atoms with Crippen LogP contribution in [0.3, 0.4) is 0 Å². The lowest BCUT2D eigenvalue weighted by Gasteiger charge is -2.18. The summed E-state index contributed by atoms with van der Waals surface area (Å²) in [5, 5.41) is 16.4. The second-order valence-electron chi connectivity index (χ2n) is 4.80. The second-order valence-corrected chi connectivity index (χ2v) is 5.71. The lowest BCUT2D eigenvalue weighted by molar-refractivity contribution is 0.277. The molecule has 2 N–H and O–H groups in total. The predicted octanol–water partition coefficient (Wildman–Crippen LogP) is 4.06. The fraction of sp³-hybridized carbons (Fsp3) is 0.176. The highest BCUT2D eigenvalue weighted by atomic mass is 32.1. The van der Waals surface area contributed by atoms with E-state index in [1.54, 1.807) is 18.4 Å². The van der Waals surface area contributed by atoms with E-state index in [4.69, 9.17) is 4.74 Å². The highest BCUT2D eigenvalue weighted by Gasteiger charge is 2.15. The van der Waals surface area contributed by atoms with Gasteiger partial charge in [0.2, 0.25) is 0 Å². The largest absolute Gasteiger partial charge is 0.497 e. The van der Waals surface area contributed by atoms with Crippen molar-refractivity contribution in [2.75, 3.05) is 19.0 Å². The summed E-state index contributed by atoms with van der Waals surface area (Å²) < 4.78 is 6.47. The van der Waals surface area contributed by atoms with Gasteiger partial charge in [0.1, 0.15) is 5.75 Å². The number of ether oxygens (including phenoxy) is 1. The van der Waals surface area contributed by atoms with Crippen molar-refractivity contribution in [3.63, 3.8) is 0 Å². The first-order valence-corrected chi connectivity index (χ1v) is 7.67. The Morgan fingerprint density at radius 3 is 2.86 bits per heavy atom. The molecular formula is C17H17NO2S. The molecule has 0 fully saturated rings. The van der Waals surface area contributed by atoms with Crippen LogP contribution in [0.2, 0.25) is 0 Å². The number of nitrogens with one attached hydrogen (secondary N) is 1. The van der Waals surface area contributed by atoms with Crippen LogP contribution in [0.15, 0.2) is 53.9 Å². The monoisotopic (exact) mass is 299 g/mol. The molecule has 0 aliphatic heterocycles. The molecule has 21 heavy (non-hydrogen) atoms. The van der Waals surface area contributed by atoms with Gasteiger partial charge in [-0.2, -0.15) is 0 Å². The van der Waals surface area contributed by atoms with Gasteiger partial charge >= 0.3 is 0 Å². The second kappa shape index (κ2) is 6.16. The molecule has 0 spiro atoms. The maximum Gasteiger partial charge on any atom is 0.120 e. The van der Waals surface area contributed by atoms with Crippen LogP contribution in [0.5, 0.6) is 5.75 Å². The van der Waals surface area contributed by atoms with Gasteiger partial charge in [-0.3, -0.25) is 0 Å². The molecule has 0 bridgehead atoms. The van der Waals surface area contributed by atoms with Gasteiger partial charge in [-0.25, -0.2) is 0 Å². The number of rotatable bonds is 5. The van der Waals surface area contributed by atoms with Crippen molar-refractivity contribution in [3.05, 3.63) is 59.5 Å². The quantitative estimate of drug-likeness (QED) is 0.746. The molecule has 0 radical (unpaired) electrons. The number of fused-ring (bicyclic) bond motifs is 1. The fourth-order valence-electron chi connectivity index (χ4n) is 2.40. The molecule has 4 heteroatoms. The summed E-state index contributed by atoms with van der Waals surface area (Å²) in [5.41, 5.74) is 2.06. The van der Waals surface area contributed by atoms with E-state index in [0.29, 0.717) is 0 Å². The number of anilines is 1. The molecule has 1 unspecified atom stereocenters. The molecule has 3 rings (SSSR count). The summed E-state index contributed by atoms with van der Waals surface area (Å²) in [4.78, 5) is 0. The van der Waals surface area contributed by atoms with Gasteiger partial charge in [0.25, 0.3) is 0 Å². The maximum absolute atomic E-state index is 9.76. The molecule has 2 aromatic carbocycles. The van der Waals surface area contributed by atoms with E-state index in [9.17, 15) is 5.11 Å². The summed E-state index contributed by atoms with van der Waals surface area (Å²) in [5.74, 6) is 0.798. The molecular weight excluding hydrogens is 282 g/mol. The normalized spacial score (nSPS) is 12.3. The van der Waals surface area contributed by atoms with Gasteiger partial charge in [0, 0.05) is 16.5 Å². The van der Waals surface area contributed by atoms with Crippen LogP contribution in [0.1, 0.15) is 11.6 Å². The van der Waals surface area contributed by atoms with E-state index in [-0.39, 0.29) is 12.6 Å². The molecule has 0 amide bonds. The first kappa shape index (κ1) is 13.9. The Bertz CT molecular complexity index is 738. The van der Waals surface area contributed by atoms with E-state index in [1.807, 2.05) is 36.4 Å². The topological polar surface area (TPSA) is 41.5 Å². The molecule has 0 aliphatic carbocycles. The Hall–Kier alpha value is -2.04. The molecule has 3 nitrogen and oxygen atoms in total. The Labute approximate surface area is 127 Å². The SMILES string of the molecule is COc1cccc(NC(CO)c2csc3ccccc23)c1. The van der Waals surface area contributed by atoms with Crippen LogP contribution in [-0.4, -0.2) is 18.8 Å². The Balaban J connectivity index is 1.91. The zero-order chi connectivity index (χ0) is 14.7. The van der Waals surface area contributed by atoms with Crippen molar-refractivity contribution in [2.24, 2.45) is 0 Å². The van der Waals surface area contributed by atoms with E-state index in [2.05, 4.69) is 22.8 Å². The minimum atomic E-state index is -0.131. The minimum absolute atomic E-state index is 0.0396. The fourth-order valence-corrected chi connectivity index (χ4v) is 3.42. The van der Waals surface area contributed by atoms with Gasteiger partial charge < -0.3 is 15.2 Å². The Morgan fingerprint density at radius 1 is 1.19 bits per heavy atom. The molecule has 0 saturated carbocycles. The number of hydrogen-bond donors (Lipinski definition) is 2. The summed E-state index contributed by atoms with van der Waals surface area (Å²) in [6, 6.07) is 15.9. The average Bonchev–Trinajstić information content (AvgIpc) is 2.97. The van der Waals surface area contributed by atoms with Gasteiger partial charge in [-0.1, -0.05) is 24.3 Å². The zero-order valence-electron chi connectivity index (χ0n) is 11.7. The number of benzene rings is 2. The molecule has 1 heterocycles. The summed E-state index contributed by atoms with van der Waals surface area (Å²) >= 11 is 1.70. The third-order valence-electron chi connectivity index (χ3n) is 3.48. The highest BCUT2D eigenvalue weighted by molar-refractivity contribution is 7.17. The molecule has 1 aromatic heterocycles. The van der Waals surface area contributed by atoms with E-state index < -0.39 is 0 Å². The molecule has 0 aliphatic rings. The predicted molar refractivity (Wildman–Crippen MR) is 88.3 cm³/mol. The van der Waals surface area contributed by atoms with Gasteiger partial charge in [0.15, 0.2) is 0 Å². The van der Waals surface area contributed by atoms with Crippen LogP contribution in [-0.2, 0) is 0 Å². The van der Waals surface area contributed by atoms with Crippen LogP contribution < -0.4 is 10.1 Å². The Kier molecular flexibility index (Phi) is 4.08. The minimum Gasteiger partial charge on any atom is -0.497 e. The lowest BCUT2D eigenvalue weighted by atomic mass is 10.1. The number of aliphatic hydroxyl groups is 1. The van der Waals surface area contributed by atoms with Crippen molar-refractivity contribution >= 4 is 27.1 Å². The van der Waals surface area contributed by atoms with E-state index in [0.717, 1.165) is 17.0 Å². The van der Waals surface area contributed by atoms with Crippen LogP contribution >= 0.6 is 11.3 Å². The number of thiophene rings is 1. The van der Waals surface area contributed by atoms with Crippen molar-refractivity contribution < 1.29 is 9.84 Å². The maximum atomic E-state index is 9.76. The summed E-state index contributed by atoms with van der Waals surface area (Å²) in [6.07, 6.45) is 0. The van der Waals surface area contributed by atoms with E-state index in [1.165, 1.54) is 10.1 Å². The third kappa shape index (κ3) is 2.86. The number of methoxy groups -OCH3 is 1. The highest BCUT2D eigenvalue weighted by Crippen LogP contribution is 2.32. The lowest BCUT2D eigenvalue weighted by Crippen LogP contribution is -2.14. The first-order valence-electron chi connectivity index (χ1n) is 6.79. The molecule has 108 valence electrons. The van der Waals surface area contributed by atoms with Crippen molar-refractivity contribution in [3.8, 4) is 5.75 Å². The average molecular weight is 299 g/mol. The van der Waals surface area contributed by atoms with Crippen LogP contribution in [0.25, 0.3) is 10.1 Å². The first-order chi connectivity index (χ1) is 10.3. The van der Waals surface area contributed by atoms with Gasteiger partial charge in [0.05, 0.1) is 19.8 Å². The standard InChI is InChI=1S/C17H17NO2S/c1-20-13-6-4-5-12(9-13)18-16(10-19)15-11-21-17-8-3-2-7-14(15)17/h2-9,11,16,18-19H,10H2,1H3. The van der Waals surface area contributed by atoms with E-state index >= 15 is 0 Å². The number of aliphatic hydroxyl groups excluding tert-OH is 1. The molecule has 3 aromatic rings. The van der Waals surface area contributed by atoms with Crippen LogP contribution in [0, 0.1) is 0 Å². The Morgan fingerprint density at radius 2 is 2.05 bits per heavy atom. The summed E-state index contributed by atoms with van der Waals surface area (Å²) in [7, 11) is 1.65. The van der Waals surface area contributed by atoms with Crippen molar-refractivity contribution in [2.45, 2.75) is 6.04 Å². The third-order valence-corrected chi connectivity index (χ3v) is 4.46. The van der Waals surface area contributed by atoms with Gasteiger partial charge in [-0.15, -0.1) is 11.3 Å². The number of hydrogen-bond acceptors (Lipinski definition) is 4. The van der Waals surface area contributed by atoms with Crippen molar-refractivity contribution in [1.82, 2.24) is 0 Å². The zero-order valence-corrected chi connectivity index (χ0v) is 12.6. The van der Waals surface area contributed by atoms with Gasteiger partial charge in [-0.05, 0) is 34.5 Å².